The van der Waals surface area contributed by atoms with Crippen LogP contribution >= 0.6 is 0 Å². The minimum absolute atomic E-state index is 0.119. The van der Waals surface area contributed by atoms with Crippen molar-refractivity contribution in [2.75, 3.05) is 6.79 Å². The van der Waals surface area contributed by atoms with Crippen molar-refractivity contribution in [3.63, 3.8) is 0 Å². The second-order valence-electron chi connectivity index (χ2n) is 0.418. The Kier molecular flexibility index (Phi) is 3.24. The summed E-state index contributed by atoms with van der Waals surface area (Å²) in [5.74, 6) is 0. The average molecular weight is 78.1 g/mol. The van der Waals surface area contributed by atoms with Crippen LogP contribution in [0, 0.1) is 0 Å². The standard InChI is InChI=1S/CH6O2Si/c2-1-3-4/h2H,1H2,4H3. The van der Waals surface area contributed by atoms with Gasteiger partial charge in [-0.25, -0.2) is 0 Å². The molecule has 0 rings (SSSR count). The van der Waals surface area contributed by atoms with Crippen molar-refractivity contribution < 1.29 is 9.53 Å². The molecule has 26 valence electrons. The van der Waals surface area contributed by atoms with Crippen LogP contribution in [0.2, 0.25) is 0 Å². The van der Waals surface area contributed by atoms with Gasteiger partial charge in [0.1, 0.15) is 17.3 Å². The minimum atomic E-state index is -0.119. The number of hydrogen-bond donors (Lipinski definition) is 1. The van der Waals surface area contributed by atoms with E-state index in [2.05, 4.69) is 4.43 Å². The molecule has 0 spiro atoms. The van der Waals surface area contributed by atoms with E-state index in [1.807, 2.05) is 0 Å². The summed E-state index contributed by atoms with van der Waals surface area (Å²) < 4.78 is 4.24. The first-order valence-corrected chi connectivity index (χ1v) is 1.83. The van der Waals surface area contributed by atoms with Crippen LogP contribution in [0.4, 0.5) is 0 Å². The van der Waals surface area contributed by atoms with Gasteiger partial charge in [-0.2, -0.15) is 0 Å². The fourth-order valence-electron chi connectivity index (χ4n) is 0. The third-order valence-corrected chi connectivity index (χ3v) is 0.387. The highest BCUT2D eigenvalue weighted by molar-refractivity contribution is 5.97. The van der Waals surface area contributed by atoms with E-state index in [1.165, 1.54) is 0 Å². The van der Waals surface area contributed by atoms with Gasteiger partial charge in [-0.3, -0.25) is 0 Å². The Morgan fingerprint density at radius 2 is 2.25 bits per heavy atom. The monoisotopic (exact) mass is 78.0 g/mol. The zero-order chi connectivity index (χ0) is 3.41. The summed E-state index contributed by atoms with van der Waals surface area (Å²) in [6, 6.07) is 0. The fourth-order valence-corrected chi connectivity index (χ4v) is 0. The molecule has 0 aromatic rings. The number of aliphatic hydroxyl groups is 1. The Balaban J connectivity index is 1.97. The molecule has 0 heterocycles. The maximum atomic E-state index is 7.69. The third kappa shape index (κ3) is 2.14. The van der Waals surface area contributed by atoms with E-state index in [1.54, 1.807) is 0 Å². The van der Waals surface area contributed by atoms with Crippen LogP contribution in [0.25, 0.3) is 0 Å². The molecule has 0 saturated carbocycles. The first-order valence-electron chi connectivity index (χ1n) is 1.01. The SMILES string of the molecule is OCO[SiH3]. The van der Waals surface area contributed by atoms with Crippen molar-refractivity contribution in [1.29, 1.82) is 0 Å². The molecule has 0 radical (unpaired) electrons. The quantitative estimate of drug-likeness (QED) is 0.297. The van der Waals surface area contributed by atoms with Gasteiger partial charge in [0.25, 0.3) is 0 Å². The molecule has 0 amide bonds. The van der Waals surface area contributed by atoms with Gasteiger partial charge in [0.05, 0.1) is 0 Å². The predicted octanol–water partition coefficient (Wildman–Crippen LogP) is -1.77. The van der Waals surface area contributed by atoms with E-state index in [0.29, 0.717) is 10.5 Å². The van der Waals surface area contributed by atoms with Crippen LogP contribution in [-0.2, 0) is 4.43 Å². The van der Waals surface area contributed by atoms with Gasteiger partial charge in [0.15, 0.2) is 0 Å². The molecule has 0 aromatic carbocycles. The molecule has 1 N–H and O–H groups in total. The molecule has 0 aliphatic heterocycles. The van der Waals surface area contributed by atoms with E-state index in [9.17, 15) is 0 Å². The van der Waals surface area contributed by atoms with Gasteiger partial charge in [-0.1, -0.05) is 0 Å². The molecule has 0 unspecified atom stereocenters. The van der Waals surface area contributed by atoms with Gasteiger partial charge in [-0.05, 0) is 0 Å². The second-order valence-corrected chi connectivity index (χ2v) is 0.995. The van der Waals surface area contributed by atoms with Crippen LogP contribution < -0.4 is 0 Å². The summed E-state index contributed by atoms with van der Waals surface area (Å²) in [7, 11) is 0.640. The highest BCUT2D eigenvalue weighted by Crippen LogP contribution is 1.43. The number of hydrogen-bond acceptors (Lipinski definition) is 2. The van der Waals surface area contributed by atoms with Crippen LogP contribution in [0.1, 0.15) is 0 Å². The summed E-state index contributed by atoms with van der Waals surface area (Å²) in [6.45, 7) is -0.119. The van der Waals surface area contributed by atoms with Crippen molar-refractivity contribution in [3.8, 4) is 0 Å². The zero-order valence-corrected chi connectivity index (χ0v) is 4.56. The van der Waals surface area contributed by atoms with Crippen molar-refractivity contribution in [2.24, 2.45) is 0 Å². The first kappa shape index (κ1) is 4.14. The van der Waals surface area contributed by atoms with Gasteiger partial charge in [-0.15, -0.1) is 0 Å². The molecule has 0 aliphatic carbocycles. The Labute approximate surface area is 27.9 Å². The maximum absolute atomic E-state index is 7.69. The van der Waals surface area contributed by atoms with Crippen molar-refractivity contribution in [3.05, 3.63) is 0 Å². The van der Waals surface area contributed by atoms with Crippen molar-refractivity contribution in [2.45, 2.75) is 0 Å². The predicted molar refractivity (Wildman–Crippen MR) is 18.1 cm³/mol. The Morgan fingerprint density at radius 3 is 2.25 bits per heavy atom. The van der Waals surface area contributed by atoms with Gasteiger partial charge in [0.2, 0.25) is 0 Å². The number of rotatable bonds is 1. The summed E-state index contributed by atoms with van der Waals surface area (Å²) in [5.41, 5.74) is 0. The largest absolute Gasteiger partial charge is 0.406 e. The smallest absolute Gasteiger partial charge is 0.149 e. The minimum Gasteiger partial charge on any atom is -0.406 e. The lowest BCUT2D eigenvalue weighted by Gasteiger charge is -1.77. The molecule has 0 saturated heterocycles. The molecule has 0 aromatic heterocycles. The molecular formula is CH6O2Si. The second kappa shape index (κ2) is 3.14. The molecule has 0 aliphatic rings. The van der Waals surface area contributed by atoms with E-state index >= 15 is 0 Å². The molecular weight excluding hydrogens is 72.1 g/mol. The van der Waals surface area contributed by atoms with Gasteiger partial charge < -0.3 is 9.53 Å². The normalized spacial score (nSPS) is 8.25. The van der Waals surface area contributed by atoms with E-state index < -0.39 is 0 Å². The van der Waals surface area contributed by atoms with E-state index in [0.717, 1.165) is 0 Å². The third-order valence-electron chi connectivity index (χ3n) is 0.129. The molecule has 2 nitrogen and oxygen atoms in total. The van der Waals surface area contributed by atoms with Crippen LogP contribution in [0.15, 0.2) is 0 Å². The van der Waals surface area contributed by atoms with Crippen LogP contribution in [0.3, 0.4) is 0 Å². The zero-order valence-electron chi connectivity index (χ0n) is 2.56. The first-order chi connectivity index (χ1) is 1.91. The highest BCUT2D eigenvalue weighted by Gasteiger charge is 1.51. The topological polar surface area (TPSA) is 29.5 Å². The Bertz CT molecular complexity index is 8.00. The maximum Gasteiger partial charge on any atom is 0.149 e. The van der Waals surface area contributed by atoms with Crippen LogP contribution in [0.5, 0.6) is 0 Å². The fraction of sp³-hybridized carbons (Fsp3) is 1.00. The lowest BCUT2D eigenvalue weighted by atomic mass is 11.6. The average Bonchev–Trinajstić information content (AvgIpc) is 1.37. The van der Waals surface area contributed by atoms with E-state index in [-0.39, 0.29) is 6.79 Å². The lowest BCUT2D eigenvalue weighted by molar-refractivity contribution is 0.108. The van der Waals surface area contributed by atoms with E-state index in [4.69, 9.17) is 5.11 Å². The summed E-state index contributed by atoms with van der Waals surface area (Å²) >= 11 is 0. The molecule has 0 atom stereocenters. The van der Waals surface area contributed by atoms with Gasteiger partial charge >= 0.3 is 0 Å². The number of aliphatic hydroxyl groups excluding tert-OH is 1. The molecule has 0 fully saturated rings. The Hall–Kier alpha value is 0.137. The highest BCUT2D eigenvalue weighted by atomic mass is 28.2. The van der Waals surface area contributed by atoms with Crippen LogP contribution in [-0.4, -0.2) is 22.4 Å². The summed E-state index contributed by atoms with van der Waals surface area (Å²) in [4.78, 5) is 0. The van der Waals surface area contributed by atoms with Gasteiger partial charge in [0, 0.05) is 0 Å². The summed E-state index contributed by atoms with van der Waals surface area (Å²) in [6.07, 6.45) is 0. The summed E-state index contributed by atoms with van der Waals surface area (Å²) in [5, 5.41) is 7.69. The van der Waals surface area contributed by atoms with Crippen molar-refractivity contribution in [1.82, 2.24) is 0 Å². The lowest BCUT2D eigenvalue weighted by Crippen LogP contribution is -1.81. The molecule has 3 heteroatoms. The molecule has 4 heavy (non-hydrogen) atoms. The molecule has 0 bridgehead atoms. The van der Waals surface area contributed by atoms with Crippen molar-refractivity contribution >= 4 is 10.5 Å². The Morgan fingerprint density at radius 1 is 2.00 bits per heavy atom.